The van der Waals surface area contributed by atoms with E-state index in [9.17, 15) is 0 Å². The van der Waals surface area contributed by atoms with E-state index in [0.29, 0.717) is 5.95 Å². The topological polar surface area (TPSA) is 53.9 Å². The van der Waals surface area contributed by atoms with Crippen molar-refractivity contribution < 1.29 is 0 Å². The lowest BCUT2D eigenvalue weighted by Crippen LogP contribution is -2.25. The van der Waals surface area contributed by atoms with Gasteiger partial charge in [0.15, 0.2) is 0 Å². The standard InChI is InChI=1S/C17H33N5S2/c1-5-9-10-11-12-13-14-23-24-17-20-15(18-6-2)19-16(21-17)22(7-3)8-4/h5-14H2,1-4H3,(H,18,19,20,21). The predicted octanol–water partition coefficient (Wildman–Crippen LogP) is 5.25. The van der Waals surface area contributed by atoms with Crippen LogP contribution in [0.15, 0.2) is 5.16 Å². The summed E-state index contributed by atoms with van der Waals surface area (Å²) in [6.45, 7) is 11.2. The molecule has 0 fully saturated rings. The minimum atomic E-state index is 0.678. The van der Waals surface area contributed by atoms with Gasteiger partial charge in [-0.15, -0.1) is 0 Å². The molecule has 5 nitrogen and oxygen atoms in total. The SMILES string of the molecule is CCCCCCCCSSc1nc(NCC)nc(N(CC)CC)n1. The Labute approximate surface area is 155 Å². The van der Waals surface area contributed by atoms with Gasteiger partial charge in [0.1, 0.15) is 0 Å². The lowest BCUT2D eigenvalue weighted by atomic mass is 10.1. The highest BCUT2D eigenvalue weighted by Crippen LogP contribution is 2.30. The first-order valence-corrected chi connectivity index (χ1v) is 11.6. The zero-order valence-electron chi connectivity index (χ0n) is 15.7. The number of aromatic nitrogens is 3. The van der Waals surface area contributed by atoms with E-state index in [1.807, 2.05) is 10.8 Å². The molecule has 0 amide bonds. The van der Waals surface area contributed by atoms with E-state index in [-0.39, 0.29) is 0 Å². The highest BCUT2D eigenvalue weighted by atomic mass is 33.1. The Bertz CT molecular complexity index is 441. The second kappa shape index (κ2) is 13.6. The first-order chi connectivity index (χ1) is 11.7. The molecule has 0 aliphatic rings. The van der Waals surface area contributed by atoms with Crippen molar-refractivity contribution in [1.29, 1.82) is 0 Å². The van der Waals surface area contributed by atoms with Crippen molar-refractivity contribution in [2.45, 2.75) is 71.4 Å². The summed E-state index contributed by atoms with van der Waals surface area (Å²) in [6.07, 6.45) is 8.02. The van der Waals surface area contributed by atoms with Crippen molar-refractivity contribution in [2.75, 3.05) is 35.6 Å². The molecule has 138 valence electrons. The molecule has 1 rings (SSSR count). The fraction of sp³-hybridized carbons (Fsp3) is 0.824. The summed E-state index contributed by atoms with van der Waals surface area (Å²) < 4.78 is 0. The van der Waals surface area contributed by atoms with Gasteiger partial charge < -0.3 is 10.2 Å². The molecule has 0 saturated carbocycles. The zero-order valence-corrected chi connectivity index (χ0v) is 17.3. The van der Waals surface area contributed by atoms with E-state index in [2.05, 4.69) is 52.9 Å². The lowest BCUT2D eigenvalue weighted by molar-refractivity contribution is 0.627. The maximum absolute atomic E-state index is 4.62. The van der Waals surface area contributed by atoms with Crippen LogP contribution in [0.25, 0.3) is 0 Å². The van der Waals surface area contributed by atoms with Gasteiger partial charge in [0.2, 0.25) is 17.1 Å². The quantitative estimate of drug-likeness (QED) is 0.354. The van der Waals surface area contributed by atoms with Gasteiger partial charge in [-0.1, -0.05) is 49.8 Å². The van der Waals surface area contributed by atoms with E-state index in [0.717, 1.165) is 36.5 Å². The molecule has 0 saturated heterocycles. The molecule has 1 heterocycles. The second-order valence-corrected chi connectivity index (χ2v) is 8.00. The van der Waals surface area contributed by atoms with Crippen molar-refractivity contribution in [3.8, 4) is 0 Å². The summed E-state index contributed by atoms with van der Waals surface area (Å²) in [4.78, 5) is 15.8. The van der Waals surface area contributed by atoms with Gasteiger partial charge in [-0.3, -0.25) is 0 Å². The Morgan fingerprint density at radius 1 is 0.875 bits per heavy atom. The molecular weight excluding hydrogens is 338 g/mol. The maximum atomic E-state index is 4.62. The molecule has 0 spiro atoms. The molecule has 1 aromatic rings. The summed E-state index contributed by atoms with van der Waals surface area (Å²) in [5.74, 6) is 2.60. The summed E-state index contributed by atoms with van der Waals surface area (Å²) in [5, 5.41) is 4.01. The van der Waals surface area contributed by atoms with Gasteiger partial charge in [0.05, 0.1) is 0 Å². The Morgan fingerprint density at radius 2 is 1.58 bits per heavy atom. The van der Waals surface area contributed by atoms with Crippen LogP contribution in [0.2, 0.25) is 0 Å². The van der Waals surface area contributed by atoms with Crippen LogP contribution in [0.5, 0.6) is 0 Å². The number of nitrogens with zero attached hydrogens (tertiary/aromatic N) is 4. The Morgan fingerprint density at radius 3 is 2.25 bits per heavy atom. The van der Waals surface area contributed by atoms with Crippen LogP contribution in [0.3, 0.4) is 0 Å². The molecule has 1 N–H and O–H groups in total. The van der Waals surface area contributed by atoms with Gasteiger partial charge in [-0.2, -0.15) is 15.0 Å². The minimum absolute atomic E-state index is 0.678. The van der Waals surface area contributed by atoms with Crippen molar-refractivity contribution >= 4 is 33.5 Å². The fourth-order valence-electron chi connectivity index (χ4n) is 2.30. The number of anilines is 2. The van der Waals surface area contributed by atoms with E-state index in [1.165, 1.54) is 38.5 Å². The molecule has 0 aromatic carbocycles. The van der Waals surface area contributed by atoms with Gasteiger partial charge in [-0.05, 0) is 38.0 Å². The molecule has 0 unspecified atom stereocenters. The first-order valence-electron chi connectivity index (χ1n) is 9.29. The van der Waals surface area contributed by atoms with Gasteiger partial charge in [0.25, 0.3) is 0 Å². The van der Waals surface area contributed by atoms with Crippen molar-refractivity contribution in [2.24, 2.45) is 0 Å². The predicted molar refractivity (Wildman–Crippen MR) is 109 cm³/mol. The summed E-state index contributed by atoms with van der Waals surface area (Å²) >= 11 is 0. The second-order valence-electron chi connectivity index (χ2n) is 5.62. The third-order valence-corrected chi connectivity index (χ3v) is 5.90. The number of hydrogen-bond acceptors (Lipinski definition) is 7. The molecule has 7 heteroatoms. The van der Waals surface area contributed by atoms with Crippen LogP contribution in [0.4, 0.5) is 11.9 Å². The largest absolute Gasteiger partial charge is 0.354 e. The fourth-order valence-corrected chi connectivity index (χ4v) is 4.20. The average molecular weight is 372 g/mol. The van der Waals surface area contributed by atoms with E-state index >= 15 is 0 Å². The number of nitrogens with one attached hydrogen (secondary N) is 1. The molecular formula is C17H33N5S2. The minimum Gasteiger partial charge on any atom is -0.354 e. The zero-order chi connectivity index (χ0) is 17.6. The Balaban J connectivity index is 2.47. The summed E-state index contributed by atoms with van der Waals surface area (Å²) in [7, 11) is 3.52. The number of rotatable bonds is 14. The average Bonchev–Trinajstić information content (AvgIpc) is 2.58. The van der Waals surface area contributed by atoms with E-state index in [1.54, 1.807) is 10.8 Å². The van der Waals surface area contributed by atoms with Crippen molar-refractivity contribution in [1.82, 2.24) is 15.0 Å². The molecule has 0 radical (unpaired) electrons. The van der Waals surface area contributed by atoms with Gasteiger partial charge in [0, 0.05) is 25.4 Å². The number of hydrogen-bond donors (Lipinski definition) is 1. The molecule has 24 heavy (non-hydrogen) atoms. The third-order valence-electron chi connectivity index (χ3n) is 3.70. The first kappa shape index (κ1) is 21.4. The molecule has 1 aromatic heterocycles. The Hall–Kier alpha value is -0.690. The lowest BCUT2D eigenvalue weighted by Gasteiger charge is -2.19. The van der Waals surface area contributed by atoms with Crippen LogP contribution >= 0.6 is 21.6 Å². The van der Waals surface area contributed by atoms with Crippen molar-refractivity contribution in [3.63, 3.8) is 0 Å². The molecule has 0 aliphatic carbocycles. The van der Waals surface area contributed by atoms with Crippen LogP contribution in [-0.2, 0) is 0 Å². The van der Waals surface area contributed by atoms with Gasteiger partial charge in [-0.25, -0.2) is 0 Å². The van der Waals surface area contributed by atoms with Crippen LogP contribution < -0.4 is 10.2 Å². The smallest absolute Gasteiger partial charge is 0.231 e. The van der Waals surface area contributed by atoms with E-state index < -0.39 is 0 Å². The highest BCUT2D eigenvalue weighted by Gasteiger charge is 2.11. The molecule has 0 aliphatic heterocycles. The van der Waals surface area contributed by atoms with Gasteiger partial charge >= 0.3 is 0 Å². The summed E-state index contributed by atoms with van der Waals surface area (Å²) in [6, 6.07) is 0. The Kier molecular flexibility index (Phi) is 12.1. The van der Waals surface area contributed by atoms with E-state index in [4.69, 9.17) is 0 Å². The monoisotopic (exact) mass is 371 g/mol. The molecule has 0 bridgehead atoms. The highest BCUT2D eigenvalue weighted by molar-refractivity contribution is 8.76. The van der Waals surface area contributed by atoms with Crippen LogP contribution in [0.1, 0.15) is 66.2 Å². The summed E-state index contributed by atoms with van der Waals surface area (Å²) in [5.41, 5.74) is 0. The maximum Gasteiger partial charge on any atom is 0.231 e. The third kappa shape index (κ3) is 8.42. The normalized spacial score (nSPS) is 10.8. The number of unbranched alkanes of at least 4 members (excludes halogenated alkanes) is 5. The van der Waals surface area contributed by atoms with Crippen molar-refractivity contribution in [3.05, 3.63) is 0 Å². The molecule has 0 atom stereocenters. The van der Waals surface area contributed by atoms with Crippen LogP contribution in [-0.4, -0.2) is 40.3 Å². The van der Waals surface area contributed by atoms with Crippen LogP contribution in [0, 0.1) is 0 Å².